The zero-order valence-electron chi connectivity index (χ0n) is 12.6. The molecule has 0 unspecified atom stereocenters. The first kappa shape index (κ1) is 14.4. The molecule has 0 aliphatic carbocycles. The number of hydrogen-bond donors (Lipinski definition) is 1. The van der Waals surface area contributed by atoms with Gasteiger partial charge in [-0.3, -0.25) is 0 Å². The lowest BCUT2D eigenvalue weighted by atomic mass is 10.1. The second-order valence-corrected chi connectivity index (χ2v) is 4.82. The maximum absolute atomic E-state index is 4.43. The van der Waals surface area contributed by atoms with Crippen LogP contribution >= 0.6 is 0 Å². The maximum Gasteiger partial charge on any atom is 0.164 e. The zero-order chi connectivity index (χ0) is 14.5. The van der Waals surface area contributed by atoms with Crippen LogP contribution in [-0.2, 0) is 6.42 Å². The normalized spacial score (nSPS) is 10.8. The van der Waals surface area contributed by atoms with Crippen LogP contribution in [0.1, 0.15) is 43.9 Å². The molecule has 0 spiro atoms. The number of aryl methyl sites for hydroxylation is 2. The molecule has 0 saturated carbocycles. The highest BCUT2D eigenvalue weighted by molar-refractivity contribution is 5.51. The Morgan fingerprint density at radius 2 is 1.95 bits per heavy atom. The van der Waals surface area contributed by atoms with Gasteiger partial charge in [0.05, 0.1) is 0 Å². The fourth-order valence-electron chi connectivity index (χ4n) is 2.18. The van der Waals surface area contributed by atoms with Crippen molar-refractivity contribution < 1.29 is 0 Å². The SMILES string of the molecule is CCCNc1ncnc(-n2nc(C)nc2C)c1CCC. The lowest BCUT2D eigenvalue weighted by Gasteiger charge is -2.13. The molecule has 0 saturated heterocycles. The maximum atomic E-state index is 4.43. The molecule has 0 aliphatic heterocycles. The summed E-state index contributed by atoms with van der Waals surface area (Å²) in [6, 6.07) is 0. The minimum absolute atomic E-state index is 0.756. The van der Waals surface area contributed by atoms with Crippen molar-refractivity contribution in [3.05, 3.63) is 23.5 Å². The van der Waals surface area contributed by atoms with Crippen LogP contribution in [0, 0.1) is 13.8 Å². The second kappa shape index (κ2) is 6.45. The first-order valence-electron chi connectivity index (χ1n) is 7.15. The van der Waals surface area contributed by atoms with Crippen molar-refractivity contribution in [2.24, 2.45) is 0 Å². The highest BCUT2D eigenvalue weighted by atomic mass is 15.4. The van der Waals surface area contributed by atoms with E-state index in [1.54, 1.807) is 11.0 Å². The number of nitrogens with zero attached hydrogens (tertiary/aromatic N) is 5. The number of rotatable bonds is 6. The van der Waals surface area contributed by atoms with Gasteiger partial charge in [-0.15, -0.1) is 5.10 Å². The number of hydrogen-bond acceptors (Lipinski definition) is 5. The predicted molar refractivity (Wildman–Crippen MR) is 79.2 cm³/mol. The molecule has 0 atom stereocenters. The first-order valence-corrected chi connectivity index (χ1v) is 7.15. The van der Waals surface area contributed by atoms with Crippen LogP contribution in [0.3, 0.4) is 0 Å². The molecular formula is C14H22N6. The molecule has 2 aromatic rings. The van der Waals surface area contributed by atoms with E-state index >= 15 is 0 Å². The summed E-state index contributed by atoms with van der Waals surface area (Å²) < 4.78 is 1.80. The van der Waals surface area contributed by atoms with Crippen molar-refractivity contribution in [1.29, 1.82) is 0 Å². The van der Waals surface area contributed by atoms with Gasteiger partial charge in [0.2, 0.25) is 0 Å². The molecule has 6 nitrogen and oxygen atoms in total. The average molecular weight is 274 g/mol. The van der Waals surface area contributed by atoms with Crippen molar-refractivity contribution in [2.45, 2.75) is 47.0 Å². The summed E-state index contributed by atoms with van der Waals surface area (Å²) in [7, 11) is 0. The van der Waals surface area contributed by atoms with E-state index in [0.717, 1.165) is 54.7 Å². The summed E-state index contributed by atoms with van der Waals surface area (Å²) in [5, 5.41) is 7.80. The zero-order valence-corrected chi connectivity index (χ0v) is 12.6. The van der Waals surface area contributed by atoms with E-state index in [2.05, 4.69) is 39.2 Å². The minimum atomic E-state index is 0.756. The fraction of sp³-hybridized carbons (Fsp3) is 0.571. The summed E-state index contributed by atoms with van der Waals surface area (Å²) >= 11 is 0. The van der Waals surface area contributed by atoms with E-state index in [0.29, 0.717) is 0 Å². The Balaban J connectivity index is 2.48. The van der Waals surface area contributed by atoms with Gasteiger partial charge in [0.1, 0.15) is 23.8 Å². The quantitative estimate of drug-likeness (QED) is 0.876. The van der Waals surface area contributed by atoms with E-state index in [1.807, 2.05) is 13.8 Å². The van der Waals surface area contributed by atoms with E-state index in [9.17, 15) is 0 Å². The molecule has 6 heteroatoms. The molecule has 108 valence electrons. The molecule has 0 bridgehead atoms. The Morgan fingerprint density at radius 1 is 1.15 bits per heavy atom. The number of nitrogens with one attached hydrogen (secondary N) is 1. The minimum Gasteiger partial charge on any atom is -0.370 e. The summed E-state index contributed by atoms with van der Waals surface area (Å²) in [5.41, 5.74) is 1.11. The van der Waals surface area contributed by atoms with Gasteiger partial charge in [0, 0.05) is 12.1 Å². The number of aromatic nitrogens is 5. The predicted octanol–water partition coefficient (Wildman–Crippen LogP) is 2.45. The van der Waals surface area contributed by atoms with Crippen molar-refractivity contribution in [3.63, 3.8) is 0 Å². The van der Waals surface area contributed by atoms with Crippen LogP contribution in [-0.4, -0.2) is 31.3 Å². The van der Waals surface area contributed by atoms with Gasteiger partial charge in [-0.05, 0) is 26.7 Å². The van der Waals surface area contributed by atoms with Crippen molar-refractivity contribution in [3.8, 4) is 5.82 Å². The molecule has 20 heavy (non-hydrogen) atoms. The van der Waals surface area contributed by atoms with E-state index in [-0.39, 0.29) is 0 Å². The van der Waals surface area contributed by atoms with Gasteiger partial charge in [0.25, 0.3) is 0 Å². The van der Waals surface area contributed by atoms with E-state index in [4.69, 9.17) is 0 Å². The third kappa shape index (κ3) is 2.95. The highest BCUT2D eigenvalue weighted by Crippen LogP contribution is 2.21. The average Bonchev–Trinajstić information content (AvgIpc) is 2.76. The molecule has 0 aromatic carbocycles. The van der Waals surface area contributed by atoms with Crippen LogP contribution in [0.15, 0.2) is 6.33 Å². The highest BCUT2D eigenvalue weighted by Gasteiger charge is 2.15. The standard InChI is InChI=1S/C14H22N6/c1-5-7-12-13(15-8-6-2)16-9-17-14(12)20-11(4)18-10(3)19-20/h9H,5-8H2,1-4H3,(H,15,16,17). The molecule has 2 heterocycles. The third-order valence-corrected chi connectivity index (χ3v) is 3.04. The molecule has 2 rings (SSSR count). The summed E-state index contributed by atoms with van der Waals surface area (Å²) in [5.74, 6) is 3.34. The lowest BCUT2D eigenvalue weighted by molar-refractivity contribution is 0.769. The van der Waals surface area contributed by atoms with Gasteiger partial charge in [-0.2, -0.15) is 4.68 Å². The van der Waals surface area contributed by atoms with Gasteiger partial charge in [-0.1, -0.05) is 20.3 Å². The van der Waals surface area contributed by atoms with Gasteiger partial charge in [0.15, 0.2) is 5.82 Å². The summed E-state index contributed by atoms with van der Waals surface area (Å²) in [4.78, 5) is 13.1. The molecule has 1 N–H and O–H groups in total. The largest absolute Gasteiger partial charge is 0.370 e. The van der Waals surface area contributed by atoms with Crippen LogP contribution < -0.4 is 5.32 Å². The Hall–Kier alpha value is -1.98. The van der Waals surface area contributed by atoms with Crippen LogP contribution in [0.4, 0.5) is 5.82 Å². The molecule has 0 amide bonds. The summed E-state index contributed by atoms with van der Waals surface area (Å²) in [6.45, 7) is 9.03. The second-order valence-electron chi connectivity index (χ2n) is 4.82. The molecule has 0 fully saturated rings. The Bertz CT molecular complexity index is 575. The monoisotopic (exact) mass is 274 g/mol. The molecule has 0 aliphatic rings. The van der Waals surface area contributed by atoms with Crippen molar-refractivity contribution in [2.75, 3.05) is 11.9 Å². The van der Waals surface area contributed by atoms with Crippen molar-refractivity contribution in [1.82, 2.24) is 24.7 Å². The van der Waals surface area contributed by atoms with Gasteiger partial charge in [-0.25, -0.2) is 15.0 Å². The van der Waals surface area contributed by atoms with Crippen LogP contribution in [0.5, 0.6) is 0 Å². The van der Waals surface area contributed by atoms with Crippen LogP contribution in [0.2, 0.25) is 0 Å². The third-order valence-electron chi connectivity index (χ3n) is 3.04. The van der Waals surface area contributed by atoms with Gasteiger partial charge >= 0.3 is 0 Å². The smallest absolute Gasteiger partial charge is 0.164 e. The topological polar surface area (TPSA) is 68.5 Å². The first-order chi connectivity index (χ1) is 9.67. The van der Waals surface area contributed by atoms with Crippen LogP contribution in [0.25, 0.3) is 5.82 Å². The Morgan fingerprint density at radius 3 is 2.55 bits per heavy atom. The molecule has 0 radical (unpaired) electrons. The lowest BCUT2D eigenvalue weighted by Crippen LogP contribution is -2.12. The summed E-state index contributed by atoms with van der Waals surface area (Å²) in [6.07, 6.45) is 4.60. The molecule has 2 aromatic heterocycles. The van der Waals surface area contributed by atoms with E-state index < -0.39 is 0 Å². The van der Waals surface area contributed by atoms with Crippen molar-refractivity contribution >= 4 is 5.82 Å². The fourth-order valence-corrected chi connectivity index (χ4v) is 2.18. The van der Waals surface area contributed by atoms with Gasteiger partial charge < -0.3 is 5.32 Å². The Labute approximate surface area is 119 Å². The number of anilines is 1. The van der Waals surface area contributed by atoms with E-state index in [1.165, 1.54) is 0 Å². The Kier molecular flexibility index (Phi) is 4.65. The molecular weight excluding hydrogens is 252 g/mol.